The lowest BCUT2D eigenvalue weighted by Crippen LogP contribution is -2.19. The highest BCUT2D eigenvalue weighted by atomic mass is 16.5. The fraction of sp³-hybridized carbons (Fsp3) is 0.286. The van der Waals surface area contributed by atoms with Crippen LogP contribution in [0.25, 0.3) is 0 Å². The van der Waals surface area contributed by atoms with Crippen LogP contribution in [0.1, 0.15) is 47.4 Å². The van der Waals surface area contributed by atoms with E-state index in [-0.39, 0.29) is 17.8 Å². The Kier molecular flexibility index (Phi) is 7.09. The third kappa shape index (κ3) is 5.84. The Morgan fingerprint density at radius 1 is 0.962 bits per heavy atom. The summed E-state index contributed by atoms with van der Waals surface area (Å²) >= 11 is 0. The summed E-state index contributed by atoms with van der Waals surface area (Å²) in [5.41, 5.74) is 1.09. The molecule has 1 N–H and O–H groups in total. The zero-order valence-electron chi connectivity index (χ0n) is 15.0. The van der Waals surface area contributed by atoms with Crippen molar-refractivity contribution in [3.8, 4) is 0 Å². The summed E-state index contributed by atoms with van der Waals surface area (Å²) in [6.07, 6.45) is 0.479. The largest absolute Gasteiger partial charge is 0.462 e. The molecular weight excluding hydrogens is 330 g/mol. The minimum atomic E-state index is -0.490. The van der Waals surface area contributed by atoms with E-state index in [1.807, 2.05) is 13.8 Å². The van der Waals surface area contributed by atoms with Gasteiger partial charge in [-0.2, -0.15) is 0 Å². The lowest BCUT2D eigenvalue weighted by atomic mass is 10.1. The number of ether oxygens (including phenoxy) is 1. The molecule has 5 nitrogen and oxygen atoms in total. The van der Waals surface area contributed by atoms with Crippen LogP contribution < -0.4 is 5.32 Å². The predicted octanol–water partition coefficient (Wildman–Crippen LogP) is 4.10. The molecule has 0 aromatic heterocycles. The molecule has 2 rings (SSSR count). The second-order valence-corrected chi connectivity index (χ2v) is 6.38. The van der Waals surface area contributed by atoms with Crippen molar-refractivity contribution >= 4 is 23.3 Å². The summed E-state index contributed by atoms with van der Waals surface area (Å²) in [7, 11) is 0. The van der Waals surface area contributed by atoms with Gasteiger partial charge in [0, 0.05) is 5.56 Å². The molecule has 0 bridgehead atoms. The molecule has 0 spiro atoms. The van der Waals surface area contributed by atoms with Crippen LogP contribution in [0.2, 0.25) is 0 Å². The van der Waals surface area contributed by atoms with Crippen molar-refractivity contribution in [3.63, 3.8) is 0 Å². The first-order valence-corrected chi connectivity index (χ1v) is 8.61. The van der Waals surface area contributed by atoms with Gasteiger partial charge >= 0.3 is 5.97 Å². The smallest absolute Gasteiger partial charge is 0.340 e. The Labute approximate surface area is 153 Å². The lowest BCUT2D eigenvalue weighted by Gasteiger charge is -2.11. The van der Waals surface area contributed by atoms with Crippen LogP contribution in [0.4, 0.5) is 5.69 Å². The standard InChI is InChI=1S/C21H23NO4/c1-15(2)12-13-26-21(25)17-10-6-7-11-18(17)22-20(24)14-19(23)16-8-4-3-5-9-16/h3-11,15H,12-14H2,1-2H3,(H,22,24). The summed E-state index contributed by atoms with van der Waals surface area (Å²) < 4.78 is 5.25. The summed E-state index contributed by atoms with van der Waals surface area (Å²) in [5, 5.41) is 2.63. The number of para-hydroxylation sites is 1. The first-order valence-electron chi connectivity index (χ1n) is 8.61. The molecule has 0 aliphatic carbocycles. The molecular formula is C21H23NO4. The van der Waals surface area contributed by atoms with Crippen LogP contribution in [0.15, 0.2) is 54.6 Å². The van der Waals surface area contributed by atoms with E-state index in [1.54, 1.807) is 54.6 Å². The maximum Gasteiger partial charge on any atom is 0.340 e. The van der Waals surface area contributed by atoms with Gasteiger partial charge in [-0.05, 0) is 24.5 Å². The van der Waals surface area contributed by atoms with Gasteiger partial charge in [-0.15, -0.1) is 0 Å². The van der Waals surface area contributed by atoms with Crippen LogP contribution in [0.5, 0.6) is 0 Å². The van der Waals surface area contributed by atoms with Crippen LogP contribution in [-0.4, -0.2) is 24.3 Å². The molecule has 136 valence electrons. The second-order valence-electron chi connectivity index (χ2n) is 6.38. The summed E-state index contributed by atoms with van der Waals surface area (Å²) in [4.78, 5) is 36.5. The SMILES string of the molecule is CC(C)CCOC(=O)c1ccccc1NC(=O)CC(=O)c1ccccc1. The Bertz CT molecular complexity index is 769. The number of carbonyl (C=O) groups excluding carboxylic acids is 3. The molecule has 0 saturated carbocycles. The molecule has 1 amide bonds. The van der Waals surface area contributed by atoms with Crippen molar-refractivity contribution < 1.29 is 19.1 Å². The van der Waals surface area contributed by atoms with Crippen molar-refractivity contribution in [2.75, 3.05) is 11.9 Å². The average molecular weight is 353 g/mol. The second kappa shape index (κ2) is 9.51. The van der Waals surface area contributed by atoms with E-state index in [4.69, 9.17) is 4.74 Å². The molecule has 0 heterocycles. The molecule has 0 atom stereocenters. The molecule has 26 heavy (non-hydrogen) atoms. The van der Waals surface area contributed by atoms with Gasteiger partial charge in [0.15, 0.2) is 5.78 Å². The zero-order chi connectivity index (χ0) is 18.9. The minimum absolute atomic E-state index is 0.275. The number of hydrogen-bond donors (Lipinski definition) is 1. The maximum atomic E-state index is 12.2. The van der Waals surface area contributed by atoms with Gasteiger partial charge in [0.05, 0.1) is 24.3 Å². The Hall–Kier alpha value is -2.95. The molecule has 5 heteroatoms. The van der Waals surface area contributed by atoms with Gasteiger partial charge in [-0.3, -0.25) is 9.59 Å². The van der Waals surface area contributed by atoms with Gasteiger partial charge < -0.3 is 10.1 Å². The monoisotopic (exact) mass is 353 g/mol. The Morgan fingerprint density at radius 3 is 2.31 bits per heavy atom. The van der Waals surface area contributed by atoms with Crippen LogP contribution in [-0.2, 0) is 9.53 Å². The van der Waals surface area contributed by atoms with Crippen LogP contribution in [0.3, 0.4) is 0 Å². The molecule has 2 aromatic rings. The minimum Gasteiger partial charge on any atom is -0.462 e. The summed E-state index contributed by atoms with van der Waals surface area (Å²) in [6, 6.07) is 15.2. The lowest BCUT2D eigenvalue weighted by molar-refractivity contribution is -0.115. The number of amides is 1. The number of benzene rings is 2. The van der Waals surface area contributed by atoms with Crippen molar-refractivity contribution in [1.82, 2.24) is 0 Å². The number of carbonyl (C=O) groups is 3. The van der Waals surface area contributed by atoms with E-state index in [1.165, 1.54) is 0 Å². The number of anilines is 1. The van der Waals surface area contributed by atoms with Gasteiger partial charge in [0.1, 0.15) is 0 Å². The molecule has 0 aliphatic rings. The third-order valence-electron chi connectivity index (χ3n) is 3.77. The molecule has 0 fully saturated rings. The van der Waals surface area contributed by atoms with E-state index in [9.17, 15) is 14.4 Å². The van der Waals surface area contributed by atoms with Gasteiger partial charge in [-0.25, -0.2) is 4.79 Å². The van der Waals surface area contributed by atoms with E-state index in [2.05, 4.69) is 5.32 Å². The number of nitrogens with one attached hydrogen (secondary N) is 1. The van der Waals surface area contributed by atoms with Gasteiger partial charge in [-0.1, -0.05) is 56.3 Å². The molecule has 0 aliphatic heterocycles. The Morgan fingerprint density at radius 2 is 1.62 bits per heavy atom. The number of hydrogen-bond acceptors (Lipinski definition) is 4. The number of Topliss-reactive ketones (excluding diaryl/α,β-unsaturated/α-hetero) is 1. The highest BCUT2D eigenvalue weighted by Crippen LogP contribution is 2.17. The maximum absolute atomic E-state index is 12.2. The molecule has 2 aromatic carbocycles. The highest BCUT2D eigenvalue weighted by Gasteiger charge is 2.17. The zero-order valence-corrected chi connectivity index (χ0v) is 15.0. The van der Waals surface area contributed by atoms with E-state index < -0.39 is 11.9 Å². The normalized spacial score (nSPS) is 10.4. The van der Waals surface area contributed by atoms with E-state index >= 15 is 0 Å². The highest BCUT2D eigenvalue weighted by molar-refractivity contribution is 6.12. The first-order chi connectivity index (χ1) is 12.5. The predicted molar refractivity (Wildman–Crippen MR) is 100 cm³/mol. The topological polar surface area (TPSA) is 72.5 Å². The number of esters is 1. The van der Waals surface area contributed by atoms with E-state index in [0.717, 1.165) is 6.42 Å². The van der Waals surface area contributed by atoms with Gasteiger partial charge in [0.25, 0.3) is 0 Å². The Balaban J connectivity index is 1.99. The molecule has 0 radical (unpaired) electrons. The van der Waals surface area contributed by atoms with E-state index in [0.29, 0.717) is 23.8 Å². The average Bonchev–Trinajstić information content (AvgIpc) is 2.62. The van der Waals surface area contributed by atoms with Crippen molar-refractivity contribution in [1.29, 1.82) is 0 Å². The van der Waals surface area contributed by atoms with Crippen molar-refractivity contribution in [3.05, 3.63) is 65.7 Å². The molecule has 0 saturated heterocycles. The fourth-order valence-corrected chi connectivity index (χ4v) is 2.30. The van der Waals surface area contributed by atoms with Gasteiger partial charge in [0.2, 0.25) is 5.91 Å². The third-order valence-corrected chi connectivity index (χ3v) is 3.77. The van der Waals surface area contributed by atoms with Crippen LogP contribution >= 0.6 is 0 Å². The molecule has 0 unspecified atom stereocenters. The van der Waals surface area contributed by atoms with Crippen molar-refractivity contribution in [2.24, 2.45) is 5.92 Å². The number of rotatable bonds is 8. The van der Waals surface area contributed by atoms with Crippen LogP contribution in [0, 0.1) is 5.92 Å². The quantitative estimate of drug-likeness (QED) is 0.440. The van der Waals surface area contributed by atoms with Crippen molar-refractivity contribution in [2.45, 2.75) is 26.7 Å². The number of ketones is 1. The summed E-state index contributed by atoms with van der Waals surface area (Å²) in [5.74, 6) is -0.806. The first kappa shape index (κ1) is 19.4. The fourth-order valence-electron chi connectivity index (χ4n) is 2.30. The summed E-state index contributed by atoms with van der Waals surface area (Å²) in [6.45, 7) is 4.42.